The van der Waals surface area contributed by atoms with Gasteiger partial charge in [0.05, 0.1) is 27.2 Å². The van der Waals surface area contributed by atoms with Crippen LogP contribution in [0.25, 0.3) is 0 Å². The predicted octanol–water partition coefficient (Wildman–Crippen LogP) is 7.81. The van der Waals surface area contributed by atoms with Gasteiger partial charge in [0.25, 0.3) is 5.91 Å². The minimum Gasteiger partial charge on any atom is -0.326 e. The quantitative estimate of drug-likeness (QED) is 0.290. The molecule has 0 spiro atoms. The second kappa shape index (κ2) is 9.63. The van der Waals surface area contributed by atoms with Gasteiger partial charge < -0.3 is 10.6 Å². The molecule has 2 amide bonds. The van der Waals surface area contributed by atoms with Gasteiger partial charge in [-0.1, -0.05) is 29.3 Å². The molecule has 176 valence electrons. The van der Waals surface area contributed by atoms with Gasteiger partial charge in [0.2, 0.25) is 5.91 Å². The fraction of sp³-hybridized carbons (Fsp3) is 0.130. The Bertz CT molecular complexity index is 1320. The summed E-state index contributed by atoms with van der Waals surface area (Å²) in [6.07, 6.45) is 0. The molecule has 0 heterocycles. The van der Waals surface area contributed by atoms with Crippen LogP contribution >= 0.6 is 62.3 Å². The van der Waals surface area contributed by atoms with Gasteiger partial charge in [-0.15, -0.1) is 23.2 Å². The highest BCUT2D eigenvalue weighted by Crippen LogP contribution is 2.65. The number of rotatable bonds is 5. The van der Waals surface area contributed by atoms with Gasteiger partial charge in [-0.3, -0.25) is 9.59 Å². The van der Waals surface area contributed by atoms with E-state index in [2.05, 4.69) is 26.6 Å². The van der Waals surface area contributed by atoms with Gasteiger partial charge >= 0.3 is 0 Å². The summed E-state index contributed by atoms with van der Waals surface area (Å²) in [5.41, 5.74) is 0.705. The summed E-state index contributed by atoms with van der Waals surface area (Å²) >= 11 is 28.4. The molecule has 3 aromatic carbocycles. The first-order valence-electron chi connectivity index (χ1n) is 9.68. The highest BCUT2D eigenvalue weighted by Gasteiger charge is 2.67. The number of hydrogen-bond acceptors (Lipinski definition) is 2. The van der Waals surface area contributed by atoms with Crippen molar-refractivity contribution in [2.75, 3.05) is 10.6 Å². The normalized spacial score (nSPS) is 18.3. The number of carbonyl (C=O) groups excluding carboxylic acids is 2. The molecule has 1 aliphatic carbocycles. The molecule has 1 aliphatic rings. The molecule has 2 unspecified atom stereocenters. The molecule has 4 rings (SSSR count). The average Bonchev–Trinajstić information content (AvgIpc) is 3.35. The number of carbonyl (C=O) groups is 2. The van der Waals surface area contributed by atoms with Crippen molar-refractivity contribution in [1.82, 2.24) is 0 Å². The largest absolute Gasteiger partial charge is 0.326 e. The summed E-state index contributed by atoms with van der Waals surface area (Å²) in [6.45, 7) is 0. The molecule has 2 N–H and O–H groups in total. The summed E-state index contributed by atoms with van der Waals surface area (Å²) in [4.78, 5) is 25.5. The molecule has 0 bridgehead atoms. The number of halogens is 7. The third-order valence-electron chi connectivity index (χ3n) is 5.30. The Morgan fingerprint density at radius 3 is 2.32 bits per heavy atom. The van der Waals surface area contributed by atoms with Gasteiger partial charge in [-0.2, -0.15) is 0 Å². The summed E-state index contributed by atoms with van der Waals surface area (Å²) < 4.78 is 26.3. The monoisotopic (exact) mass is 606 g/mol. The van der Waals surface area contributed by atoms with Crippen LogP contribution in [-0.4, -0.2) is 16.1 Å². The summed E-state index contributed by atoms with van der Waals surface area (Å²) in [5.74, 6) is -4.19. The van der Waals surface area contributed by atoms with Gasteiger partial charge in [-0.25, -0.2) is 8.78 Å². The van der Waals surface area contributed by atoms with E-state index in [-0.39, 0.29) is 22.0 Å². The first-order valence-corrected chi connectivity index (χ1v) is 12.0. The van der Waals surface area contributed by atoms with E-state index >= 15 is 0 Å². The van der Waals surface area contributed by atoms with Crippen molar-refractivity contribution in [3.05, 3.63) is 91.9 Å². The third kappa shape index (κ3) is 5.04. The maximum atomic E-state index is 13.9. The number of alkyl halides is 2. The fourth-order valence-electron chi connectivity index (χ4n) is 3.55. The van der Waals surface area contributed by atoms with Crippen LogP contribution < -0.4 is 10.6 Å². The number of anilines is 2. The molecular formula is C23H13BrCl4F2N2O2. The van der Waals surface area contributed by atoms with Crippen LogP contribution in [0.3, 0.4) is 0 Å². The van der Waals surface area contributed by atoms with Crippen molar-refractivity contribution in [3.8, 4) is 0 Å². The van der Waals surface area contributed by atoms with Gasteiger partial charge in [0.1, 0.15) is 16.0 Å². The van der Waals surface area contributed by atoms with E-state index in [9.17, 15) is 18.4 Å². The molecule has 3 aromatic rings. The number of nitrogens with one attached hydrogen (secondary N) is 2. The first kappa shape index (κ1) is 25.2. The fourth-order valence-corrected chi connectivity index (χ4v) is 5.02. The van der Waals surface area contributed by atoms with E-state index in [4.69, 9.17) is 46.4 Å². The Hall–Kier alpha value is -1.90. The molecular weight excluding hydrogens is 596 g/mol. The SMILES string of the molecule is O=C(Nc1ccc(F)cc1F)c1cc(NC(=O)C2C(c3ccc(Br)c(Cl)c3)C2(Cl)Cl)ccc1Cl. The Labute approximate surface area is 221 Å². The van der Waals surface area contributed by atoms with E-state index in [0.29, 0.717) is 21.1 Å². The van der Waals surface area contributed by atoms with Crippen LogP contribution in [0.2, 0.25) is 10.0 Å². The van der Waals surface area contributed by atoms with E-state index in [0.717, 1.165) is 12.1 Å². The van der Waals surface area contributed by atoms with Crippen molar-refractivity contribution in [1.29, 1.82) is 0 Å². The molecule has 11 heteroatoms. The molecule has 4 nitrogen and oxygen atoms in total. The molecule has 1 fully saturated rings. The highest BCUT2D eigenvalue weighted by atomic mass is 79.9. The van der Waals surface area contributed by atoms with Crippen molar-refractivity contribution in [2.24, 2.45) is 5.92 Å². The predicted molar refractivity (Wildman–Crippen MR) is 134 cm³/mol. The van der Waals surface area contributed by atoms with Crippen LogP contribution in [0, 0.1) is 17.6 Å². The zero-order chi connectivity index (χ0) is 24.8. The molecule has 0 aliphatic heterocycles. The Balaban J connectivity index is 1.51. The Morgan fingerprint density at radius 2 is 1.65 bits per heavy atom. The van der Waals surface area contributed by atoms with Gasteiger partial charge in [-0.05, 0) is 64.0 Å². The molecule has 2 atom stereocenters. The Kier molecular flexibility index (Phi) is 7.14. The maximum Gasteiger partial charge on any atom is 0.257 e. The van der Waals surface area contributed by atoms with Crippen molar-refractivity contribution in [2.45, 2.75) is 10.3 Å². The Morgan fingerprint density at radius 1 is 0.912 bits per heavy atom. The van der Waals surface area contributed by atoms with Crippen LogP contribution in [0.1, 0.15) is 21.8 Å². The van der Waals surface area contributed by atoms with Crippen LogP contribution in [-0.2, 0) is 4.79 Å². The summed E-state index contributed by atoms with van der Waals surface area (Å²) in [7, 11) is 0. The number of benzene rings is 3. The van der Waals surface area contributed by atoms with Gasteiger partial charge in [0, 0.05) is 22.1 Å². The lowest BCUT2D eigenvalue weighted by molar-refractivity contribution is -0.117. The maximum absolute atomic E-state index is 13.9. The lowest BCUT2D eigenvalue weighted by Crippen LogP contribution is -2.18. The van der Waals surface area contributed by atoms with Gasteiger partial charge in [0.15, 0.2) is 0 Å². The van der Waals surface area contributed by atoms with Crippen LogP contribution in [0.4, 0.5) is 20.2 Å². The van der Waals surface area contributed by atoms with E-state index < -0.39 is 39.6 Å². The molecule has 0 aromatic heterocycles. The van der Waals surface area contributed by atoms with Crippen LogP contribution in [0.15, 0.2) is 59.1 Å². The molecule has 0 radical (unpaired) electrons. The zero-order valence-corrected chi connectivity index (χ0v) is 21.4. The van der Waals surface area contributed by atoms with Crippen molar-refractivity contribution >= 4 is 85.5 Å². The van der Waals surface area contributed by atoms with Crippen LogP contribution in [0.5, 0.6) is 0 Å². The standard InChI is InChI=1S/C23H13BrCl4F2N2O2/c24-14-4-1-10(7-16(14)26)19-20(23(19,27)28)22(34)31-12-3-5-15(25)13(9-12)21(33)32-18-6-2-11(29)8-17(18)30/h1-9,19-20H,(H,31,34)(H,32,33). The lowest BCUT2D eigenvalue weighted by Gasteiger charge is -2.11. The second-order valence-corrected chi connectivity index (χ2v) is 10.7. The summed E-state index contributed by atoms with van der Waals surface area (Å²) in [5, 5.41) is 5.53. The number of hydrogen-bond donors (Lipinski definition) is 2. The first-order chi connectivity index (χ1) is 16.0. The van der Waals surface area contributed by atoms with E-state index in [1.54, 1.807) is 18.2 Å². The van der Waals surface area contributed by atoms with Crippen molar-refractivity contribution < 1.29 is 18.4 Å². The molecule has 0 saturated heterocycles. The topological polar surface area (TPSA) is 58.2 Å². The third-order valence-corrected chi connectivity index (χ3v) is 7.80. The zero-order valence-electron chi connectivity index (χ0n) is 16.8. The van der Waals surface area contributed by atoms with E-state index in [1.807, 2.05) is 0 Å². The minimum absolute atomic E-state index is 0.0294. The highest BCUT2D eigenvalue weighted by molar-refractivity contribution is 9.10. The van der Waals surface area contributed by atoms with Crippen molar-refractivity contribution in [3.63, 3.8) is 0 Å². The minimum atomic E-state index is -1.34. The van der Waals surface area contributed by atoms with E-state index in [1.165, 1.54) is 18.2 Å². The number of amides is 2. The smallest absolute Gasteiger partial charge is 0.257 e. The lowest BCUT2D eigenvalue weighted by atomic mass is 10.1. The summed E-state index contributed by atoms with van der Waals surface area (Å²) in [6, 6.07) is 12.2. The average molecular weight is 609 g/mol. The molecule has 1 saturated carbocycles. The molecule has 34 heavy (non-hydrogen) atoms. The second-order valence-electron chi connectivity index (χ2n) is 7.57.